The van der Waals surface area contributed by atoms with E-state index in [-0.39, 0.29) is 35.7 Å². The van der Waals surface area contributed by atoms with E-state index < -0.39 is 34.9 Å². The Balaban J connectivity index is 1.87. The van der Waals surface area contributed by atoms with Gasteiger partial charge in [0.15, 0.2) is 21.9 Å². The fraction of sp³-hybridized carbons (Fsp3) is 0.167. The Kier molecular flexibility index (Phi) is 5.95. The molecule has 0 unspecified atom stereocenters. The van der Waals surface area contributed by atoms with Crippen molar-refractivity contribution in [1.29, 1.82) is 0 Å². The van der Waals surface area contributed by atoms with Gasteiger partial charge in [0.05, 0.1) is 17.8 Å². The molecular formula is C18H11ClF6N2OS. The lowest BCUT2D eigenvalue weighted by Crippen LogP contribution is -2.07. The van der Waals surface area contributed by atoms with E-state index in [1.165, 1.54) is 24.5 Å². The second kappa shape index (κ2) is 8.11. The summed E-state index contributed by atoms with van der Waals surface area (Å²) in [7, 11) is 0. The average Bonchev–Trinajstić information content (AvgIpc) is 3.03. The summed E-state index contributed by atoms with van der Waals surface area (Å²) >= 11 is 6.90. The summed E-state index contributed by atoms with van der Waals surface area (Å²) in [6.07, 6.45) is -3.42. The van der Waals surface area contributed by atoms with E-state index in [0.717, 1.165) is 12.1 Å². The smallest absolute Gasteiger partial charge is 0.416 e. The zero-order valence-corrected chi connectivity index (χ0v) is 16.1. The molecule has 0 spiro atoms. The lowest BCUT2D eigenvalue weighted by molar-refractivity contribution is -0.138. The van der Waals surface area contributed by atoms with Crippen LogP contribution in [-0.4, -0.2) is 4.98 Å². The van der Waals surface area contributed by atoms with Crippen molar-refractivity contribution >= 4 is 28.6 Å². The predicted molar refractivity (Wildman–Crippen MR) is 97.0 cm³/mol. The molecule has 1 N–H and O–H groups in total. The molecule has 0 radical (unpaired) electrons. The summed E-state index contributed by atoms with van der Waals surface area (Å²) in [6.45, 7) is 1.60. The molecule has 0 atom stereocenters. The van der Waals surface area contributed by atoms with Gasteiger partial charge in [0.25, 0.3) is 0 Å². The van der Waals surface area contributed by atoms with Crippen molar-refractivity contribution in [3.8, 4) is 11.5 Å². The van der Waals surface area contributed by atoms with E-state index in [2.05, 4.69) is 10.3 Å². The van der Waals surface area contributed by atoms with E-state index in [9.17, 15) is 26.3 Å². The second-order valence-electron chi connectivity index (χ2n) is 5.90. The molecule has 0 saturated carbocycles. The average molecular weight is 453 g/mol. The van der Waals surface area contributed by atoms with Crippen LogP contribution in [0.4, 0.5) is 32.0 Å². The van der Waals surface area contributed by atoms with Gasteiger partial charge in [0.2, 0.25) is 0 Å². The molecule has 0 bridgehead atoms. The number of nitrogens with one attached hydrogen (secondary N) is 1. The predicted octanol–water partition coefficient (Wildman–Crippen LogP) is 6.95. The van der Waals surface area contributed by atoms with Crippen LogP contribution in [-0.2, 0) is 12.7 Å². The fourth-order valence-electron chi connectivity index (χ4n) is 2.38. The second-order valence-corrected chi connectivity index (χ2v) is 7.60. The van der Waals surface area contributed by atoms with Gasteiger partial charge >= 0.3 is 6.18 Å². The van der Waals surface area contributed by atoms with Gasteiger partial charge in [0, 0.05) is 17.1 Å². The first kappa shape index (κ1) is 21.3. The first-order valence-corrected chi connectivity index (χ1v) is 9.12. The zero-order chi connectivity index (χ0) is 21.3. The van der Waals surface area contributed by atoms with E-state index in [1.54, 1.807) is 0 Å². The molecule has 3 nitrogen and oxygen atoms in total. The summed E-state index contributed by atoms with van der Waals surface area (Å²) in [5, 5.41) is 2.77. The third-order valence-corrected chi connectivity index (χ3v) is 4.90. The number of alkyl halides is 3. The van der Waals surface area contributed by atoms with Crippen molar-refractivity contribution in [3.05, 3.63) is 68.4 Å². The van der Waals surface area contributed by atoms with Crippen molar-refractivity contribution in [2.45, 2.75) is 19.6 Å². The van der Waals surface area contributed by atoms with Gasteiger partial charge in [0.1, 0.15) is 11.6 Å². The fourth-order valence-corrected chi connectivity index (χ4v) is 3.29. The Labute approximate surface area is 169 Å². The van der Waals surface area contributed by atoms with Gasteiger partial charge in [-0.15, -0.1) is 11.3 Å². The Bertz CT molecular complexity index is 1030. The molecule has 1 aromatic heterocycles. The van der Waals surface area contributed by atoms with Gasteiger partial charge in [-0.1, -0.05) is 11.6 Å². The lowest BCUT2D eigenvalue weighted by atomic mass is 10.1. The highest BCUT2D eigenvalue weighted by Gasteiger charge is 2.33. The normalized spacial score (nSPS) is 11.6. The van der Waals surface area contributed by atoms with E-state index >= 15 is 0 Å². The summed E-state index contributed by atoms with van der Waals surface area (Å²) in [5.74, 6) is -4.87. The summed E-state index contributed by atoms with van der Waals surface area (Å²) in [4.78, 5) is 4.55. The third kappa shape index (κ3) is 4.94. The number of rotatable bonds is 5. The van der Waals surface area contributed by atoms with Crippen molar-refractivity contribution in [2.24, 2.45) is 0 Å². The molecule has 3 aromatic rings. The quantitative estimate of drug-likeness (QED) is 0.425. The van der Waals surface area contributed by atoms with E-state index in [4.69, 9.17) is 16.3 Å². The van der Waals surface area contributed by atoms with Gasteiger partial charge in [-0.05, 0) is 30.7 Å². The van der Waals surface area contributed by atoms with Crippen molar-refractivity contribution in [3.63, 3.8) is 0 Å². The summed E-state index contributed by atoms with van der Waals surface area (Å²) in [6, 6.07) is 2.48. The summed E-state index contributed by atoms with van der Waals surface area (Å²) in [5.41, 5.74) is -1.34. The number of anilines is 1. The SMILES string of the molecule is Cc1cc(F)c(NCc2cnc(Cl)s2)cc1Oc1c(F)cc(C(F)(F)F)cc1F. The van der Waals surface area contributed by atoms with Crippen molar-refractivity contribution < 1.29 is 31.1 Å². The maximum Gasteiger partial charge on any atom is 0.416 e. The summed E-state index contributed by atoms with van der Waals surface area (Å²) < 4.78 is 85.7. The standard InChI is InChI=1S/C18H11ClF6N2OS/c1-8-2-11(20)14(26-6-10-7-27-17(19)29-10)5-15(8)28-16-12(21)3-9(4-13(16)22)18(23,24)25/h2-5,7,26H,6H2,1H3. The number of nitrogens with zero attached hydrogens (tertiary/aromatic N) is 1. The zero-order valence-electron chi connectivity index (χ0n) is 14.5. The van der Waals surface area contributed by atoms with Crippen molar-refractivity contribution in [1.82, 2.24) is 4.98 Å². The Hall–Kier alpha value is -2.46. The Morgan fingerprint density at radius 2 is 1.72 bits per heavy atom. The van der Waals surface area contributed by atoms with Gasteiger partial charge < -0.3 is 10.1 Å². The largest absolute Gasteiger partial charge is 0.451 e. The van der Waals surface area contributed by atoms with Crippen molar-refractivity contribution in [2.75, 3.05) is 5.32 Å². The molecule has 0 saturated heterocycles. The maximum absolute atomic E-state index is 14.2. The lowest BCUT2D eigenvalue weighted by Gasteiger charge is -2.15. The molecule has 29 heavy (non-hydrogen) atoms. The van der Waals surface area contributed by atoms with Crippen LogP contribution in [0.15, 0.2) is 30.5 Å². The molecule has 0 fully saturated rings. The molecule has 0 aliphatic carbocycles. The Morgan fingerprint density at radius 3 is 2.28 bits per heavy atom. The number of halogens is 7. The van der Waals surface area contributed by atoms with Crippen LogP contribution in [0.2, 0.25) is 4.47 Å². The molecule has 2 aromatic carbocycles. The molecule has 3 rings (SSSR count). The topological polar surface area (TPSA) is 34.2 Å². The van der Waals surface area contributed by atoms with E-state index in [0.29, 0.717) is 9.34 Å². The Morgan fingerprint density at radius 1 is 1.07 bits per heavy atom. The molecule has 0 amide bonds. The number of aryl methyl sites for hydroxylation is 1. The van der Waals surface area contributed by atoms with Gasteiger partial charge in [-0.2, -0.15) is 13.2 Å². The highest BCUT2D eigenvalue weighted by atomic mass is 35.5. The van der Waals surface area contributed by atoms with Crippen LogP contribution in [0.5, 0.6) is 11.5 Å². The third-order valence-electron chi connectivity index (χ3n) is 3.78. The first-order valence-electron chi connectivity index (χ1n) is 7.93. The van der Waals surface area contributed by atoms with Crippen LogP contribution in [0.1, 0.15) is 16.0 Å². The monoisotopic (exact) mass is 452 g/mol. The maximum atomic E-state index is 14.2. The minimum absolute atomic E-state index is 0.0390. The molecule has 1 heterocycles. The minimum Gasteiger partial charge on any atom is -0.451 e. The number of ether oxygens (including phenoxy) is 1. The van der Waals surface area contributed by atoms with Gasteiger partial charge in [-0.25, -0.2) is 18.2 Å². The molecule has 11 heteroatoms. The van der Waals surface area contributed by atoms with Gasteiger partial charge in [-0.3, -0.25) is 0 Å². The first-order chi connectivity index (χ1) is 13.5. The van der Waals surface area contributed by atoms with Crippen LogP contribution in [0.25, 0.3) is 0 Å². The van der Waals surface area contributed by atoms with Crippen LogP contribution in [0.3, 0.4) is 0 Å². The van der Waals surface area contributed by atoms with Crippen LogP contribution >= 0.6 is 22.9 Å². The number of thiazole rings is 1. The van der Waals surface area contributed by atoms with Crippen LogP contribution in [0, 0.1) is 24.4 Å². The van der Waals surface area contributed by atoms with E-state index in [1.807, 2.05) is 0 Å². The number of aromatic nitrogens is 1. The molecule has 0 aliphatic rings. The molecule has 0 aliphatic heterocycles. The highest BCUT2D eigenvalue weighted by molar-refractivity contribution is 7.15. The number of benzene rings is 2. The molecular weight excluding hydrogens is 442 g/mol. The number of hydrogen-bond donors (Lipinski definition) is 1. The highest BCUT2D eigenvalue weighted by Crippen LogP contribution is 2.37. The van der Waals surface area contributed by atoms with Crippen LogP contribution < -0.4 is 10.1 Å². The number of hydrogen-bond acceptors (Lipinski definition) is 4. The minimum atomic E-state index is -4.91. The molecule has 154 valence electrons.